The van der Waals surface area contributed by atoms with Gasteiger partial charge < -0.3 is 0 Å². The van der Waals surface area contributed by atoms with Crippen molar-refractivity contribution in [1.82, 2.24) is 9.03 Å². The second-order valence-corrected chi connectivity index (χ2v) is 7.08. The Balaban J connectivity index is 1.95. The van der Waals surface area contributed by atoms with Crippen LogP contribution in [0.3, 0.4) is 0 Å². The Bertz CT molecular complexity index is 496. The summed E-state index contributed by atoms with van der Waals surface area (Å²) in [5.41, 5.74) is 1.19. The molecule has 0 amide bonds. The number of nitrogens with zero attached hydrogens (tertiary/aromatic N) is 1. The van der Waals surface area contributed by atoms with E-state index >= 15 is 0 Å². The van der Waals surface area contributed by atoms with Crippen LogP contribution in [0.1, 0.15) is 44.1 Å². The molecule has 1 N–H and O–H groups in total. The third-order valence-electron chi connectivity index (χ3n) is 3.93. The van der Waals surface area contributed by atoms with E-state index < -0.39 is 10.2 Å². The molecule has 0 spiro atoms. The molecule has 4 nitrogen and oxygen atoms in total. The van der Waals surface area contributed by atoms with Gasteiger partial charge in [0.1, 0.15) is 0 Å². The minimum atomic E-state index is -3.31. The second-order valence-electron chi connectivity index (χ2n) is 5.33. The summed E-state index contributed by atoms with van der Waals surface area (Å²) in [5.74, 6) is 0.232. The number of benzene rings is 1. The molecule has 1 fully saturated rings. The largest absolute Gasteiger partial charge is 0.279 e. The summed E-state index contributed by atoms with van der Waals surface area (Å²) in [6, 6.07) is 10.1. The van der Waals surface area contributed by atoms with Crippen molar-refractivity contribution >= 4 is 10.2 Å². The maximum Gasteiger partial charge on any atom is 0.279 e. The van der Waals surface area contributed by atoms with Crippen LogP contribution in [0.15, 0.2) is 30.3 Å². The number of piperidine rings is 1. The van der Waals surface area contributed by atoms with Gasteiger partial charge in [-0.1, -0.05) is 43.7 Å². The molecule has 1 heterocycles. The molecule has 0 radical (unpaired) electrons. The average molecular weight is 296 g/mol. The lowest BCUT2D eigenvalue weighted by molar-refractivity contribution is 0.341. The summed E-state index contributed by atoms with van der Waals surface area (Å²) in [6.07, 6.45) is 3.99. The van der Waals surface area contributed by atoms with Crippen LogP contribution in [-0.2, 0) is 10.2 Å². The van der Waals surface area contributed by atoms with Crippen LogP contribution in [0.25, 0.3) is 0 Å². The Kier molecular flexibility index (Phi) is 5.57. The van der Waals surface area contributed by atoms with Crippen molar-refractivity contribution in [2.75, 3.05) is 19.6 Å². The molecule has 1 unspecified atom stereocenters. The monoisotopic (exact) mass is 296 g/mol. The molecule has 2 rings (SSSR count). The third-order valence-corrected chi connectivity index (χ3v) is 5.51. The summed E-state index contributed by atoms with van der Waals surface area (Å²) < 4.78 is 28.9. The molecule has 1 aliphatic heterocycles. The molecule has 5 heteroatoms. The Hall–Kier alpha value is -0.910. The molecule has 1 atom stereocenters. The lowest BCUT2D eigenvalue weighted by Crippen LogP contribution is -2.44. The van der Waals surface area contributed by atoms with Crippen molar-refractivity contribution in [2.45, 2.75) is 38.5 Å². The van der Waals surface area contributed by atoms with Gasteiger partial charge in [-0.2, -0.15) is 12.7 Å². The highest BCUT2D eigenvalue weighted by Crippen LogP contribution is 2.19. The Morgan fingerprint density at radius 1 is 1.15 bits per heavy atom. The van der Waals surface area contributed by atoms with Crippen molar-refractivity contribution in [1.29, 1.82) is 0 Å². The molecule has 1 aliphatic rings. The van der Waals surface area contributed by atoms with Crippen LogP contribution >= 0.6 is 0 Å². The van der Waals surface area contributed by atoms with Crippen LogP contribution in [0.5, 0.6) is 0 Å². The first-order chi connectivity index (χ1) is 9.63. The van der Waals surface area contributed by atoms with Crippen LogP contribution in [0, 0.1) is 0 Å². The molecule has 0 bridgehead atoms. The zero-order chi connectivity index (χ0) is 14.4. The van der Waals surface area contributed by atoms with Gasteiger partial charge in [0.05, 0.1) is 0 Å². The fourth-order valence-corrected chi connectivity index (χ4v) is 3.96. The molecule has 112 valence electrons. The summed E-state index contributed by atoms with van der Waals surface area (Å²) in [6.45, 7) is 3.86. The summed E-state index contributed by atoms with van der Waals surface area (Å²) in [4.78, 5) is 0. The van der Waals surface area contributed by atoms with Gasteiger partial charge in [-0.05, 0) is 30.7 Å². The molecule has 0 aliphatic carbocycles. The molecule has 1 aromatic carbocycles. The van der Waals surface area contributed by atoms with Gasteiger partial charge in [0.25, 0.3) is 10.2 Å². The van der Waals surface area contributed by atoms with Crippen LogP contribution in [-0.4, -0.2) is 32.4 Å². The highest BCUT2D eigenvalue weighted by atomic mass is 32.2. The SMILES string of the molecule is CCC(CNS(=O)(=O)N1CCCCC1)c1ccccc1. The van der Waals surface area contributed by atoms with E-state index in [1.807, 2.05) is 18.2 Å². The summed E-state index contributed by atoms with van der Waals surface area (Å²) in [5, 5.41) is 0. The third kappa shape index (κ3) is 4.04. The van der Waals surface area contributed by atoms with Gasteiger partial charge in [0, 0.05) is 19.6 Å². The van der Waals surface area contributed by atoms with Crippen molar-refractivity contribution in [3.05, 3.63) is 35.9 Å². The number of rotatable bonds is 6. The first-order valence-corrected chi connectivity index (χ1v) is 8.87. The molecule has 1 aromatic rings. The average Bonchev–Trinajstić information content (AvgIpc) is 2.50. The predicted octanol–water partition coefficient (Wildman–Crippen LogP) is 2.50. The molecule has 20 heavy (non-hydrogen) atoms. The van der Waals surface area contributed by atoms with E-state index in [-0.39, 0.29) is 5.92 Å². The highest BCUT2D eigenvalue weighted by molar-refractivity contribution is 7.87. The van der Waals surface area contributed by atoms with E-state index in [0.717, 1.165) is 25.7 Å². The number of hydrogen-bond acceptors (Lipinski definition) is 2. The van der Waals surface area contributed by atoms with Gasteiger partial charge in [-0.25, -0.2) is 4.72 Å². The minimum absolute atomic E-state index is 0.232. The van der Waals surface area contributed by atoms with E-state index in [0.29, 0.717) is 19.6 Å². The van der Waals surface area contributed by atoms with Crippen molar-refractivity contribution in [2.24, 2.45) is 0 Å². The first kappa shape index (κ1) is 15.5. The van der Waals surface area contributed by atoms with E-state index in [2.05, 4.69) is 23.8 Å². The Morgan fingerprint density at radius 3 is 2.40 bits per heavy atom. The van der Waals surface area contributed by atoms with Crippen LogP contribution in [0.2, 0.25) is 0 Å². The fraction of sp³-hybridized carbons (Fsp3) is 0.600. The lowest BCUT2D eigenvalue weighted by atomic mass is 9.97. The van der Waals surface area contributed by atoms with E-state index in [9.17, 15) is 8.42 Å². The maximum atomic E-state index is 12.3. The predicted molar refractivity (Wildman–Crippen MR) is 81.8 cm³/mol. The zero-order valence-electron chi connectivity index (χ0n) is 12.1. The maximum absolute atomic E-state index is 12.3. The Morgan fingerprint density at radius 2 is 1.80 bits per heavy atom. The van der Waals surface area contributed by atoms with Crippen molar-refractivity contribution in [3.63, 3.8) is 0 Å². The van der Waals surface area contributed by atoms with Gasteiger partial charge in [-0.15, -0.1) is 0 Å². The standard InChI is InChI=1S/C15H24N2O2S/c1-2-14(15-9-5-3-6-10-15)13-16-20(18,19)17-11-7-4-8-12-17/h3,5-6,9-10,14,16H,2,4,7-8,11-13H2,1H3. The molecule has 0 saturated carbocycles. The highest BCUT2D eigenvalue weighted by Gasteiger charge is 2.24. The molecule has 1 saturated heterocycles. The topological polar surface area (TPSA) is 49.4 Å². The fourth-order valence-electron chi connectivity index (χ4n) is 2.63. The zero-order valence-corrected chi connectivity index (χ0v) is 12.9. The second kappa shape index (κ2) is 7.20. The number of nitrogens with one attached hydrogen (secondary N) is 1. The smallest absolute Gasteiger partial charge is 0.202 e. The minimum Gasteiger partial charge on any atom is -0.202 e. The molecule has 0 aromatic heterocycles. The van der Waals surface area contributed by atoms with E-state index in [1.165, 1.54) is 5.56 Å². The summed E-state index contributed by atoms with van der Waals surface area (Å²) in [7, 11) is -3.31. The van der Waals surface area contributed by atoms with Gasteiger partial charge in [0.2, 0.25) is 0 Å². The number of hydrogen-bond donors (Lipinski definition) is 1. The Labute approximate surface area is 122 Å². The van der Waals surface area contributed by atoms with Gasteiger partial charge >= 0.3 is 0 Å². The van der Waals surface area contributed by atoms with Crippen LogP contribution in [0.4, 0.5) is 0 Å². The lowest BCUT2D eigenvalue weighted by Gasteiger charge is -2.27. The van der Waals surface area contributed by atoms with E-state index in [1.54, 1.807) is 4.31 Å². The first-order valence-electron chi connectivity index (χ1n) is 7.43. The molecular weight excluding hydrogens is 272 g/mol. The van der Waals surface area contributed by atoms with Crippen molar-refractivity contribution < 1.29 is 8.42 Å². The molecular formula is C15H24N2O2S. The van der Waals surface area contributed by atoms with Gasteiger partial charge in [0.15, 0.2) is 0 Å². The van der Waals surface area contributed by atoms with Crippen LogP contribution < -0.4 is 4.72 Å². The normalized spacial score (nSPS) is 18.9. The quantitative estimate of drug-likeness (QED) is 0.877. The van der Waals surface area contributed by atoms with Crippen molar-refractivity contribution in [3.8, 4) is 0 Å². The summed E-state index contributed by atoms with van der Waals surface area (Å²) >= 11 is 0. The van der Waals surface area contributed by atoms with E-state index in [4.69, 9.17) is 0 Å². The van der Waals surface area contributed by atoms with Gasteiger partial charge in [-0.3, -0.25) is 0 Å².